The number of rotatable bonds is 7. The molecule has 1 aliphatic carbocycles. The number of hydrogen-bond donors (Lipinski definition) is 1. The second-order valence-electron chi connectivity index (χ2n) is 4.53. The Morgan fingerprint density at radius 1 is 1.41 bits per heavy atom. The zero-order valence-corrected chi connectivity index (χ0v) is 11.9. The molecule has 0 heterocycles. The average Bonchev–Trinajstić information content (AvgIpc) is 2.35. The molecule has 1 amide bonds. The molecule has 4 heteroatoms. The lowest BCUT2D eigenvalue weighted by atomic mass is 9.94. The van der Waals surface area contributed by atoms with Crippen LogP contribution in [0.5, 0.6) is 0 Å². The molecule has 2 atom stereocenters. The summed E-state index contributed by atoms with van der Waals surface area (Å²) < 4.78 is 5.23. The van der Waals surface area contributed by atoms with Gasteiger partial charge in [0.15, 0.2) is 0 Å². The summed E-state index contributed by atoms with van der Waals surface area (Å²) in [7, 11) is 0. The first-order valence-corrected chi connectivity index (χ1v) is 7.96. The van der Waals surface area contributed by atoms with Crippen LogP contribution in [0.4, 0.5) is 0 Å². The van der Waals surface area contributed by atoms with E-state index in [1.165, 1.54) is 19.3 Å². The van der Waals surface area contributed by atoms with Crippen LogP contribution in [0, 0.1) is 0 Å². The number of ether oxygens (including phenoxy) is 1. The maximum absolute atomic E-state index is 11.8. The molecule has 0 aromatic heterocycles. The summed E-state index contributed by atoms with van der Waals surface area (Å²) in [6.07, 6.45) is 8.51. The van der Waals surface area contributed by atoms with Crippen LogP contribution < -0.4 is 5.32 Å². The van der Waals surface area contributed by atoms with Gasteiger partial charge in [-0.2, -0.15) is 11.8 Å². The third kappa shape index (κ3) is 5.77. The fourth-order valence-electron chi connectivity index (χ4n) is 2.30. The second kappa shape index (κ2) is 8.81. The van der Waals surface area contributed by atoms with Gasteiger partial charge in [0, 0.05) is 30.9 Å². The van der Waals surface area contributed by atoms with E-state index in [4.69, 9.17) is 4.74 Å². The van der Waals surface area contributed by atoms with Gasteiger partial charge < -0.3 is 10.1 Å². The fraction of sp³-hybridized carbons (Fsp3) is 0.923. The molecule has 17 heavy (non-hydrogen) atoms. The van der Waals surface area contributed by atoms with Crippen molar-refractivity contribution in [1.29, 1.82) is 0 Å². The van der Waals surface area contributed by atoms with Gasteiger partial charge in [-0.25, -0.2) is 0 Å². The monoisotopic (exact) mass is 259 g/mol. The lowest BCUT2D eigenvalue weighted by molar-refractivity contribution is -0.122. The summed E-state index contributed by atoms with van der Waals surface area (Å²) in [5, 5.41) is 3.79. The van der Waals surface area contributed by atoms with Gasteiger partial charge in [-0.3, -0.25) is 4.79 Å². The molecule has 0 radical (unpaired) electrons. The van der Waals surface area contributed by atoms with Crippen LogP contribution in [0.15, 0.2) is 0 Å². The molecule has 0 spiro atoms. The Balaban J connectivity index is 2.19. The third-order valence-corrected chi connectivity index (χ3v) is 4.42. The van der Waals surface area contributed by atoms with Crippen molar-refractivity contribution >= 4 is 17.7 Å². The van der Waals surface area contributed by atoms with Gasteiger partial charge in [0.05, 0.1) is 0 Å². The Morgan fingerprint density at radius 2 is 2.18 bits per heavy atom. The second-order valence-corrected chi connectivity index (χ2v) is 5.61. The number of hydrogen-bond acceptors (Lipinski definition) is 3. The highest BCUT2D eigenvalue weighted by Gasteiger charge is 2.25. The summed E-state index contributed by atoms with van der Waals surface area (Å²) in [4.78, 5) is 11.8. The summed E-state index contributed by atoms with van der Waals surface area (Å²) in [5.41, 5.74) is 0. The molecule has 3 nitrogen and oxygen atoms in total. The molecule has 100 valence electrons. The molecule has 1 rings (SSSR count). The van der Waals surface area contributed by atoms with Gasteiger partial charge in [0.2, 0.25) is 5.91 Å². The summed E-state index contributed by atoms with van der Waals surface area (Å²) in [6.45, 7) is 3.41. The van der Waals surface area contributed by atoms with Gasteiger partial charge in [-0.05, 0) is 32.4 Å². The molecule has 0 saturated heterocycles. The highest BCUT2D eigenvalue weighted by atomic mass is 32.2. The summed E-state index contributed by atoms with van der Waals surface area (Å²) in [6, 6.07) is 0.387. The molecule has 1 N–H and O–H groups in total. The van der Waals surface area contributed by atoms with E-state index < -0.39 is 0 Å². The van der Waals surface area contributed by atoms with Crippen LogP contribution >= 0.6 is 11.8 Å². The van der Waals surface area contributed by atoms with E-state index in [9.17, 15) is 4.79 Å². The largest absolute Gasteiger partial charge is 0.382 e. The van der Waals surface area contributed by atoms with Crippen molar-refractivity contribution in [3.05, 3.63) is 0 Å². The van der Waals surface area contributed by atoms with Crippen molar-refractivity contribution in [1.82, 2.24) is 5.32 Å². The Kier molecular flexibility index (Phi) is 7.69. The maximum Gasteiger partial charge on any atom is 0.220 e. The zero-order chi connectivity index (χ0) is 12.5. The molecule has 0 aliphatic heterocycles. The molecular weight excluding hydrogens is 234 g/mol. The molecule has 1 aliphatic rings. The Labute approximate surface area is 109 Å². The van der Waals surface area contributed by atoms with E-state index in [0.29, 0.717) is 24.3 Å². The smallest absolute Gasteiger partial charge is 0.220 e. The van der Waals surface area contributed by atoms with E-state index in [1.54, 1.807) is 0 Å². The molecule has 0 aromatic rings. The molecule has 1 fully saturated rings. The van der Waals surface area contributed by atoms with E-state index in [0.717, 1.165) is 19.4 Å². The van der Waals surface area contributed by atoms with Crippen LogP contribution in [0.25, 0.3) is 0 Å². The lowest BCUT2D eigenvalue weighted by Gasteiger charge is -2.30. The maximum atomic E-state index is 11.8. The van der Waals surface area contributed by atoms with Gasteiger partial charge in [0.25, 0.3) is 0 Å². The van der Waals surface area contributed by atoms with Crippen LogP contribution in [-0.2, 0) is 9.53 Å². The predicted molar refractivity (Wildman–Crippen MR) is 73.4 cm³/mol. The third-order valence-electron chi connectivity index (χ3n) is 3.25. The fourth-order valence-corrected chi connectivity index (χ4v) is 3.24. The van der Waals surface area contributed by atoms with Crippen LogP contribution in [0.2, 0.25) is 0 Å². The van der Waals surface area contributed by atoms with Crippen LogP contribution in [0.1, 0.15) is 45.4 Å². The minimum atomic E-state index is 0.190. The normalized spacial score (nSPS) is 24.6. The zero-order valence-electron chi connectivity index (χ0n) is 11.0. The number of nitrogens with one attached hydrogen (secondary N) is 1. The van der Waals surface area contributed by atoms with Crippen LogP contribution in [-0.4, -0.2) is 36.7 Å². The summed E-state index contributed by atoms with van der Waals surface area (Å²) in [5.74, 6) is 0.190. The van der Waals surface area contributed by atoms with Crippen molar-refractivity contribution in [3.8, 4) is 0 Å². The van der Waals surface area contributed by atoms with Gasteiger partial charge in [0.1, 0.15) is 0 Å². The number of amides is 1. The topological polar surface area (TPSA) is 38.3 Å². The Bertz CT molecular complexity index is 223. The number of carbonyl (C=O) groups is 1. The number of thioether (sulfide) groups is 1. The minimum Gasteiger partial charge on any atom is -0.382 e. The molecule has 1 saturated carbocycles. The highest BCUT2D eigenvalue weighted by molar-refractivity contribution is 7.99. The lowest BCUT2D eigenvalue weighted by Crippen LogP contribution is -2.43. The SMILES string of the molecule is CCOCCCC(=O)N[C@@H]1CCCC[C@H]1SC. The molecular formula is C13H25NO2S. The average molecular weight is 259 g/mol. The number of carbonyl (C=O) groups excluding carboxylic acids is 1. The first-order valence-electron chi connectivity index (χ1n) is 6.67. The van der Waals surface area contributed by atoms with E-state index in [2.05, 4.69) is 11.6 Å². The van der Waals surface area contributed by atoms with Crippen molar-refractivity contribution in [2.24, 2.45) is 0 Å². The van der Waals surface area contributed by atoms with Crippen molar-refractivity contribution in [3.63, 3.8) is 0 Å². The van der Waals surface area contributed by atoms with Crippen molar-refractivity contribution in [2.75, 3.05) is 19.5 Å². The highest BCUT2D eigenvalue weighted by Crippen LogP contribution is 2.27. The Hall–Kier alpha value is -0.220. The predicted octanol–water partition coefficient (Wildman–Crippen LogP) is 2.59. The standard InChI is InChI=1S/C13H25NO2S/c1-3-16-10-6-9-13(15)14-11-7-4-5-8-12(11)17-2/h11-12H,3-10H2,1-2H3,(H,14,15)/t11-,12-/m1/s1. The van der Waals surface area contributed by atoms with Gasteiger partial charge >= 0.3 is 0 Å². The van der Waals surface area contributed by atoms with Gasteiger partial charge in [-0.1, -0.05) is 12.8 Å². The molecule has 0 unspecified atom stereocenters. The molecule has 0 aromatic carbocycles. The van der Waals surface area contributed by atoms with Crippen molar-refractivity contribution < 1.29 is 9.53 Å². The van der Waals surface area contributed by atoms with Crippen molar-refractivity contribution in [2.45, 2.75) is 56.7 Å². The van der Waals surface area contributed by atoms with E-state index >= 15 is 0 Å². The van der Waals surface area contributed by atoms with Gasteiger partial charge in [-0.15, -0.1) is 0 Å². The summed E-state index contributed by atoms with van der Waals surface area (Å²) >= 11 is 1.89. The quantitative estimate of drug-likeness (QED) is 0.714. The molecule has 0 bridgehead atoms. The van der Waals surface area contributed by atoms with Crippen LogP contribution in [0.3, 0.4) is 0 Å². The first-order chi connectivity index (χ1) is 8.27. The first kappa shape index (κ1) is 14.8. The van der Waals surface area contributed by atoms with E-state index in [-0.39, 0.29) is 5.91 Å². The Morgan fingerprint density at radius 3 is 2.88 bits per heavy atom. The minimum absolute atomic E-state index is 0.190. The van der Waals surface area contributed by atoms with E-state index in [1.807, 2.05) is 18.7 Å².